The van der Waals surface area contributed by atoms with Gasteiger partial charge in [-0.3, -0.25) is 4.40 Å². The van der Waals surface area contributed by atoms with Crippen LogP contribution in [-0.2, 0) is 0 Å². The number of pyridine rings is 1. The third kappa shape index (κ3) is 2.77. The van der Waals surface area contributed by atoms with E-state index in [1.54, 1.807) is 12.0 Å². The van der Waals surface area contributed by atoms with Crippen molar-refractivity contribution in [3.8, 4) is 5.88 Å². The van der Waals surface area contributed by atoms with Crippen LogP contribution < -0.4 is 4.18 Å². The van der Waals surface area contributed by atoms with Gasteiger partial charge in [0.2, 0.25) is 5.88 Å². The normalized spacial score (nSPS) is 26.1. The van der Waals surface area contributed by atoms with Gasteiger partial charge in [0.25, 0.3) is 0 Å². The van der Waals surface area contributed by atoms with Crippen LogP contribution in [0.15, 0.2) is 24.7 Å². The molecule has 2 heterocycles. The summed E-state index contributed by atoms with van der Waals surface area (Å²) in [5.41, 5.74) is 2.39. The number of rotatable bonds is 4. The Labute approximate surface area is 128 Å². The number of hydrogen-bond donors (Lipinski definition) is 1. The third-order valence-electron chi connectivity index (χ3n) is 4.49. The number of aliphatic hydroxyl groups is 1. The fourth-order valence-corrected chi connectivity index (χ4v) is 3.90. The van der Waals surface area contributed by atoms with Gasteiger partial charge in [0.05, 0.1) is 29.9 Å². The molecule has 0 atom stereocenters. The van der Waals surface area contributed by atoms with Crippen LogP contribution in [0.2, 0.25) is 0 Å². The van der Waals surface area contributed by atoms with E-state index in [2.05, 4.69) is 21.5 Å². The van der Waals surface area contributed by atoms with E-state index < -0.39 is 0 Å². The molecule has 2 aromatic heterocycles. The molecule has 0 bridgehead atoms. The Hall–Kier alpha value is -1.20. The van der Waals surface area contributed by atoms with E-state index in [-0.39, 0.29) is 6.10 Å². The molecule has 4 rings (SSSR count). The Morgan fingerprint density at radius 1 is 1.14 bits per heavy atom. The third-order valence-corrected chi connectivity index (χ3v) is 5.49. The van der Waals surface area contributed by atoms with Gasteiger partial charge in [-0.1, -0.05) is 6.07 Å². The lowest BCUT2D eigenvalue weighted by Gasteiger charge is -2.24. The maximum atomic E-state index is 9.59. The number of aromatic nitrogens is 2. The molecule has 2 saturated carbocycles. The SMILES string of the molecule is OC1CCC(SOc2c(C3CC3)ccc3cncn23)CC1. The largest absolute Gasteiger partial charge is 0.407 e. The van der Waals surface area contributed by atoms with E-state index in [0.717, 1.165) is 37.1 Å². The highest BCUT2D eigenvalue weighted by atomic mass is 32.2. The molecular weight excluding hydrogens is 284 g/mol. The lowest BCUT2D eigenvalue weighted by Crippen LogP contribution is -2.20. The zero-order valence-electron chi connectivity index (χ0n) is 11.9. The maximum Gasteiger partial charge on any atom is 0.217 e. The van der Waals surface area contributed by atoms with Crippen LogP contribution >= 0.6 is 12.0 Å². The van der Waals surface area contributed by atoms with Gasteiger partial charge in [-0.2, -0.15) is 0 Å². The number of fused-ring (bicyclic) bond motifs is 1. The highest BCUT2D eigenvalue weighted by Crippen LogP contribution is 2.45. The fraction of sp³-hybridized carbons (Fsp3) is 0.562. The lowest BCUT2D eigenvalue weighted by molar-refractivity contribution is 0.132. The van der Waals surface area contributed by atoms with Crippen LogP contribution in [0.3, 0.4) is 0 Å². The molecule has 0 aromatic carbocycles. The molecule has 0 amide bonds. The van der Waals surface area contributed by atoms with Gasteiger partial charge in [-0.15, -0.1) is 0 Å². The van der Waals surface area contributed by atoms with Crippen molar-refractivity contribution in [1.82, 2.24) is 9.38 Å². The summed E-state index contributed by atoms with van der Waals surface area (Å²) in [6.07, 6.45) is 9.97. The monoisotopic (exact) mass is 304 g/mol. The predicted molar refractivity (Wildman–Crippen MR) is 83.6 cm³/mol. The van der Waals surface area contributed by atoms with Gasteiger partial charge >= 0.3 is 0 Å². The van der Waals surface area contributed by atoms with Crippen molar-refractivity contribution >= 4 is 17.6 Å². The first kappa shape index (κ1) is 13.5. The van der Waals surface area contributed by atoms with Crippen molar-refractivity contribution in [2.45, 2.75) is 55.8 Å². The molecule has 0 saturated heterocycles. The van der Waals surface area contributed by atoms with Crippen LogP contribution in [-0.4, -0.2) is 25.8 Å². The number of imidazole rings is 1. The summed E-state index contributed by atoms with van der Waals surface area (Å²) in [4.78, 5) is 4.23. The van der Waals surface area contributed by atoms with Crippen molar-refractivity contribution in [1.29, 1.82) is 0 Å². The second-order valence-electron chi connectivity index (χ2n) is 6.17. The van der Waals surface area contributed by atoms with Crippen LogP contribution in [0, 0.1) is 0 Å². The molecule has 112 valence electrons. The van der Waals surface area contributed by atoms with Gasteiger partial charge in [-0.25, -0.2) is 4.98 Å². The second-order valence-corrected chi connectivity index (χ2v) is 7.19. The minimum atomic E-state index is -0.110. The fourth-order valence-electron chi connectivity index (χ4n) is 3.03. The Morgan fingerprint density at radius 3 is 2.71 bits per heavy atom. The maximum absolute atomic E-state index is 9.59. The molecule has 0 unspecified atom stereocenters. The minimum absolute atomic E-state index is 0.110. The number of nitrogens with zero attached hydrogens (tertiary/aromatic N) is 2. The molecule has 1 N–H and O–H groups in total. The van der Waals surface area contributed by atoms with Gasteiger partial charge < -0.3 is 9.29 Å². The van der Waals surface area contributed by atoms with E-state index in [0.29, 0.717) is 11.2 Å². The average molecular weight is 304 g/mol. The van der Waals surface area contributed by atoms with E-state index in [9.17, 15) is 5.11 Å². The quantitative estimate of drug-likeness (QED) is 0.878. The first-order valence-electron chi connectivity index (χ1n) is 7.77. The molecule has 0 aliphatic heterocycles. The first-order chi connectivity index (χ1) is 10.3. The summed E-state index contributed by atoms with van der Waals surface area (Å²) in [6.45, 7) is 0. The molecule has 5 heteroatoms. The Bertz CT molecular complexity index is 630. The standard InChI is InChI=1S/C16H20N2O2S/c19-13-4-6-14(7-5-13)21-20-16-15(11-1-2-11)8-3-12-9-17-10-18(12)16/h3,8-11,13-14,19H,1-2,4-7H2. The molecule has 0 spiro atoms. The highest BCUT2D eigenvalue weighted by molar-refractivity contribution is 7.95. The molecule has 2 aromatic rings. The molecular formula is C16H20N2O2S. The van der Waals surface area contributed by atoms with Crippen LogP contribution in [0.4, 0.5) is 0 Å². The topological polar surface area (TPSA) is 46.8 Å². The van der Waals surface area contributed by atoms with E-state index in [4.69, 9.17) is 4.18 Å². The first-order valence-corrected chi connectivity index (χ1v) is 8.58. The second kappa shape index (κ2) is 5.54. The summed E-state index contributed by atoms with van der Waals surface area (Å²) >= 11 is 1.57. The summed E-state index contributed by atoms with van der Waals surface area (Å²) in [6, 6.07) is 4.31. The van der Waals surface area contributed by atoms with Gasteiger partial charge in [-0.05, 0) is 50.5 Å². The van der Waals surface area contributed by atoms with Crippen molar-refractivity contribution in [2.24, 2.45) is 0 Å². The van der Waals surface area contributed by atoms with E-state index >= 15 is 0 Å². The summed E-state index contributed by atoms with van der Waals surface area (Å²) in [7, 11) is 0. The molecule has 2 fully saturated rings. The molecule has 4 nitrogen and oxygen atoms in total. The number of aliphatic hydroxyl groups excluding tert-OH is 1. The molecule has 0 radical (unpaired) electrons. The molecule has 2 aliphatic carbocycles. The Balaban J connectivity index is 1.54. The Kier molecular flexibility index (Phi) is 3.55. The zero-order valence-corrected chi connectivity index (χ0v) is 12.8. The van der Waals surface area contributed by atoms with Crippen LogP contribution in [0.5, 0.6) is 5.88 Å². The highest BCUT2D eigenvalue weighted by Gasteiger charge is 2.29. The predicted octanol–water partition coefficient (Wildman–Crippen LogP) is 3.54. The van der Waals surface area contributed by atoms with Crippen LogP contribution in [0.1, 0.15) is 50.0 Å². The molecule has 2 aliphatic rings. The minimum Gasteiger partial charge on any atom is -0.407 e. The van der Waals surface area contributed by atoms with Gasteiger partial charge in [0.1, 0.15) is 6.33 Å². The summed E-state index contributed by atoms with van der Waals surface area (Å²) in [5, 5.41) is 10.1. The smallest absolute Gasteiger partial charge is 0.217 e. The van der Waals surface area contributed by atoms with Crippen molar-refractivity contribution in [3.05, 3.63) is 30.2 Å². The van der Waals surface area contributed by atoms with Crippen molar-refractivity contribution in [2.75, 3.05) is 0 Å². The van der Waals surface area contributed by atoms with Crippen molar-refractivity contribution < 1.29 is 9.29 Å². The number of hydrogen-bond acceptors (Lipinski definition) is 4. The molecule has 21 heavy (non-hydrogen) atoms. The summed E-state index contributed by atoms with van der Waals surface area (Å²) in [5.74, 6) is 1.60. The van der Waals surface area contributed by atoms with E-state index in [1.165, 1.54) is 18.4 Å². The van der Waals surface area contributed by atoms with Gasteiger partial charge in [0, 0.05) is 10.8 Å². The van der Waals surface area contributed by atoms with E-state index in [1.807, 2.05) is 12.5 Å². The Morgan fingerprint density at radius 2 is 1.95 bits per heavy atom. The van der Waals surface area contributed by atoms with Gasteiger partial charge in [0.15, 0.2) is 0 Å². The summed E-state index contributed by atoms with van der Waals surface area (Å²) < 4.78 is 8.20. The van der Waals surface area contributed by atoms with Crippen molar-refractivity contribution in [3.63, 3.8) is 0 Å². The zero-order chi connectivity index (χ0) is 14.2. The average Bonchev–Trinajstić information content (AvgIpc) is 3.23. The lowest BCUT2D eigenvalue weighted by atomic mass is 9.97. The van der Waals surface area contributed by atoms with Crippen LogP contribution in [0.25, 0.3) is 5.52 Å².